The zero-order valence-corrected chi connectivity index (χ0v) is 20.1. The van der Waals surface area contributed by atoms with E-state index < -0.39 is 23.8 Å². The summed E-state index contributed by atoms with van der Waals surface area (Å²) in [6.07, 6.45) is -2.61. The Balaban J connectivity index is 1.54. The SMILES string of the molecule is Cc1oc(-c2cccc(C(F)(F)F)c2)nc1CO[C@H]1CCC[C@@H](OCC(OCC(C)C)C(=O)O)C1. The summed E-state index contributed by atoms with van der Waals surface area (Å²) in [6.45, 7) is 6.06. The van der Waals surface area contributed by atoms with Gasteiger partial charge in [-0.1, -0.05) is 19.9 Å². The fourth-order valence-electron chi connectivity index (χ4n) is 3.84. The fourth-order valence-corrected chi connectivity index (χ4v) is 3.84. The smallest absolute Gasteiger partial charge is 0.416 e. The maximum Gasteiger partial charge on any atom is 0.416 e. The summed E-state index contributed by atoms with van der Waals surface area (Å²) in [5, 5.41) is 9.34. The van der Waals surface area contributed by atoms with Crippen molar-refractivity contribution in [3.63, 3.8) is 0 Å². The van der Waals surface area contributed by atoms with Crippen molar-refractivity contribution in [2.24, 2.45) is 5.92 Å². The van der Waals surface area contributed by atoms with Crippen molar-refractivity contribution < 1.29 is 41.7 Å². The zero-order valence-electron chi connectivity index (χ0n) is 20.1. The van der Waals surface area contributed by atoms with Gasteiger partial charge in [0.25, 0.3) is 0 Å². The first-order chi connectivity index (χ1) is 16.5. The molecular weight excluding hydrogens is 467 g/mol. The molecule has 1 N–H and O–H groups in total. The van der Waals surface area contributed by atoms with Crippen LogP contribution in [-0.4, -0.2) is 47.6 Å². The molecule has 3 rings (SSSR count). The Labute approximate surface area is 202 Å². The van der Waals surface area contributed by atoms with Crippen LogP contribution in [0.3, 0.4) is 0 Å². The quantitative estimate of drug-likeness (QED) is 0.428. The molecule has 1 fully saturated rings. The van der Waals surface area contributed by atoms with Crippen molar-refractivity contribution in [3.8, 4) is 11.5 Å². The summed E-state index contributed by atoms with van der Waals surface area (Å²) in [7, 11) is 0. The third-order valence-corrected chi connectivity index (χ3v) is 5.75. The van der Waals surface area contributed by atoms with E-state index in [1.807, 2.05) is 13.8 Å². The number of oxazole rings is 1. The number of hydrogen-bond donors (Lipinski definition) is 1. The van der Waals surface area contributed by atoms with Gasteiger partial charge < -0.3 is 23.7 Å². The van der Waals surface area contributed by atoms with Crippen LogP contribution in [-0.2, 0) is 31.8 Å². The summed E-state index contributed by atoms with van der Waals surface area (Å²) in [5.41, 5.74) is -0.00176. The second-order valence-corrected chi connectivity index (χ2v) is 9.21. The predicted octanol–water partition coefficient (Wildman–Crippen LogP) is 5.64. The number of ether oxygens (including phenoxy) is 3. The van der Waals surface area contributed by atoms with Crippen LogP contribution in [0.2, 0.25) is 0 Å². The second kappa shape index (κ2) is 12.0. The number of aromatic nitrogens is 1. The number of hydrogen-bond acceptors (Lipinski definition) is 6. The van der Waals surface area contributed by atoms with Crippen LogP contribution in [0.4, 0.5) is 13.2 Å². The fraction of sp³-hybridized carbons (Fsp3) is 0.600. The molecule has 10 heteroatoms. The minimum atomic E-state index is -4.45. The van der Waals surface area contributed by atoms with Gasteiger partial charge >= 0.3 is 12.1 Å². The molecule has 1 aromatic carbocycles. The Morgan fingerprint density at radius 2 is 1.91 bits per heavy atom. The van der Waals surface area contributed by atoms with Crippen molar-refractivity contribution in [3.05, 3.63) is 41.3 Å². The summed E-state index contributed by atoms with van der Waals surface area (Å²) in [4.78, 5) is 15.8. The highest BCUT2D eigenvalue weighted by molar-refractivity contribution is 5.72. The average Bonchev–Trinajstić information content (AvgIpc) is 3.17. The lowest BCUT2D eigenvalue weighted by Crippen LogP contribution is -2.35. The van der Waals surface area contributed by atoms with E-state index in [1.165, 1.54) is 12.1 Å². The Bertz CT molecular complexity index is 974. The lowest BCUT2D eigenvalue weighted by atomic mass is 9.95. The van der Waals surface area contributed by atoms with Crippen molar-refractivity contribution in [2.75, 3.05) is 13.2 Å². The second-order valence-electron chi connectivity index (χ2n) is 9.21. The van der Waals surface area contributed by atoms with Gasteiger partial charge in [0.2, 0.25) is 5.89 Å². The number of benzene rings is 1. The molecule has 3 atom stereocenters. The molecule has 0 radical (unpaired) electrons. The molecule has 0 spiro atoms. The van der Waals surface area contributed by atoms with E-state index in [0.717, 1.165) is 31.4 Å². The van der Waals surface area contributed by atoms with Crippen LogP contribution in [0, 0.1) is 12.8 Å². The molecule has 0 saturated heterocycles. The van der Waals surface area contributed by atoms with Gasteiger partial charge in [-0.25, -0.2) is 9.78 Å². The maximum absolute atomic E-state index is 13.0. The van der Waals surface area contributed by atoms with Crippen molar-refractivity contribution >= 4 is 5.97 Å². The standard InChI is InChI=1S/C25H32F3NO6/c1-15(2)12-34-22(24(30)31)14-33-20-9-5-8-19(11-20)32-13-21-16(3)35-23(29-21)17-6-4-7-18(10-17)25(26,27)28/h4,6-7,10,15,19-20,22H,5,8-9,11-14H2,1-3H3,(H,30,31)/t19-,20+,22?/m0/s1. The predicted molar refractivity (Wildman–Crippen MR) is 121 cm³/mol. The van der Waals surface area contributed by atoms with E-state index in [0.29, 0.717) is 24.5 Å². The van der Waals surface area contributed by atoms with Crippen LogP contribution in [0.25, 0.3) is 11.5 Å². The molecule has 1 unspecified atom stereocenters. The number of alkyl halides is 3. The monoisotopic (exact) mass is 499 g/mol. The van der Waals surface area contributed by atoms with E-state index in [4.69, 9.17) is 18.6 Å². The first-order valence-corrected chi connectivity index (χ1v) is 11.7. The number of rotatable bonds is 11. The van der Waals surface area contributed by atoms with E-state index >= 15 is 0 Å². The number of nitrogens with zero attached hydrogens (tertiary/aromatic N) is 1. The number of halogens is 3. The van der Waals surface area contributed by atoms with Crippen LogP contribution in [0.5, 0.6) is 0 Å². The van der Waals surface area contributed by atoms with E-state index in [-0.39, 0.29) is 42.8 Å². The topological polar surface area (TPSA) is 91.0 Å². The summed E-state index contributed by atoms with van der Waals surface area (Å²) in [5.74, 6) is -0.239. The Hall–Kier alpha value is -2.43. The number of carboxylic acids is 1. The van der Waals surface area contributed by atoms with Crippen molar-refractivity contribution in [1.82, 2.24) is 4.98 Å². The lowest BCUT2D eigenvalue weighted by Gasteiger charge is -2.30. The zero-order chi connectivity index (χ0) is 25.6. The van der Waals surface area contributed by atoms with Gasteiger partial charge in [0.05, 0.1) is 37.6 Å². The molecular formula is C25H32F3NO6. The van der Waals surface area contributed by atoms with E-state index in [9.17, 15) is 23.1 Å². The number of carboxylic acid groups (broad SMARTS) is 1. The third kappa shape index (κ3) is 8.05. The molecule has 1 aliphatic carbocycles. The Morgan fingerprint density at radius 1 is 1.20 bits per heavy atom. The van der Waals surface area contributed by atoms with Crippen LogP contribution in [0.1, 0.15) is 56.5 Å². The van der Waals surface area contributed by atoms with Gasteiger partial charge in [0.1, 0.15) is 11.5 Å². The van der Waals surface area contributed by atoms with Crippen LogP contribution in [0.15, 0.2) is 28.7 Å². The van der Waals surface area contributed by atoms with Crippen molar-refractivity contribution in [2.45, 2.75) is 77.5 Å². The molecule has 7 nitrogen and oxygen atoms in total. The third-order valence-electron chi connectivity index (χ3n) is 5.75. The highest BCUT2D eigenvalue weighted by atomic mass is 19.4. The summed E-state index contributed by atoms with van der Waals surface area (Å²) >= 11 is 0. The molecule has 1 heterocycles. The minimum absolute atomic E-state index is 0.0256. The van der Waals surface area contributed by atoms with Gasteiger partial charge in [-0.05, 0) is 56.7 Å². The van der Waals surface area contributed by atoms with Crippen LogP contribution >= 0.6 is 0 Å². The first kappa shape index (κ1) is 27.2. The number of carbonyl (C=O) groups is 1. The maximum atomic E-state index is 13.0. The largest absolute Gasteiger partial charge is 0.479 e. The molecule has 0 bridgehead atoms. The molecule has 2 aromatic rings. The molecule has 0 amide bonds. The summed E-state index contributed by atoms with van der Waals surface area (Å²) < 4.78 is 61.9. The van der Waals surface area contributed by atoms with E-state index in [2.05, 4.69) is 4.98 Å². The molecule has 1 aliphatic rings. The van der Waals surface area contributed by atoms with Gasteiger partial charge in [-0.2, -0.15) is 13.2 Å². The summed E-state index contributed by atoms with van der Waals surface area (Å²) in [6, 6.07) is 4.84. The highest BCUT2D eigenvalue weighted by Gasteiger charge is 2.31. The number of aliphatic carboxylic acids is 1. The molecule has 1 saturated carbocycles. The first-order valence-electron chi connectivity index (χ1n) is 11.7. The number of aryl methyl sites for hydroxylation is 1. The minimum Gasteiger partial charge on any atom is -0.479 e. The molecule has 1 aromatic heterocycles. The molecule has 194 valence electrons. The molecule has 0 aliphatic heterocycles. The lowest BCUT2D eigenvalue weighted by molar-refractivity contribution is -0.158. The normalized spacial score (nSPS) is 19.7. The Kier molecular flexibility index (Phi) is 9.32. The Morgan fingerprint density at radius 3 is 2.57 bits per heavy atom. The van der Waals surface area contributed by atoms with Gasteiger partial charge in [0, 0.05) is 5.56 Å². The van der Waals surface area contributed by atoms with Gasteiger partial charge in [0.15, 0.2) is 6.10 Å². The van der Waals surface area contributed by atoms with Gasteiger partial charge in [-0.15, -0.1) is 0 Å². The van der Waals surface area contributed by atoms with Gasteiger partial charge in [-0.3, -0.25) is 0 Å². The van der Waals surface area contributed by atoms with Crippen molar-refractivity contribution in [1.29, 1.82) is 0 Å². The van der Waals surface area contributed by atoms with Crippen LogP contribution < -0.4 is 0 Å². The molecule has 35 heavy (non-hydrogen) atoms. The highest BCUT2D eigenvalue weighted by Crippen LogP contribution is 2.33. The van der Waals surface area contributed by atoms with E-state index in [1.54, 1.807) is 6.92 Å². The average molecular weight is 500 g/mol.